The van der Waals surface area contributed by atoms with Crippen LogP contribution in [0.3, 0.4) is 0 Å². The van der Waals surface area contributed by atoms with E-state index in [0.29, 0.717) is 0 Å². The molecule has 1 saturated carbocycles. The van der Waals surface area contributed by atoms with Gasteiger partial charge in [-0.1, -0.05) is 31.2 Å². The van der Waals surface area contributed by atoms with E-state index in [1.165, 1.54) is 11.1 Å². The third kappa shape index (κ3) is 1.88. The first kappa shape index (κ1) is 10.6. The van der Waals surface area contributed by atoms with Gasteiger partial charge in [0.1, 0.15) is 0 Å². The second-order valence-electron chi connectivity index (χ2n) is 5.32. The first-order valence-corrected chi connectivity index (χ1v) is 6.27. The Hall–Kier alpha value is -1.57. The van der Waals surface area contributed by atoms with Gasteiger partial charge in [-0.2, -0.15) is 0 Å². The molecule has 1 aliphatic heterocycles. The molecular formula is C15H17NO. The van der Waals surface area contributed by atoms with Crippen LogP contribution in [0.5, 0.6) is 0 Å². The van der Waals surface area contributed by atoms with Crippen molar-refractivity contribution in [3.8, 4) is 0 Å². The fraction of sp³-hybridized carbons (Fsp3) is 0.400. The summed E-state index contributed by atoms with van der Waals surface area (Å²) in [5, 5.41) is 3.35. The lowest BCUT2D eigenvalue weighted by Crippen LogP contribution is -2.24. The molecule has 0 unspecified atom stereocenters. The predicted octanol–water partition coefficient (Wildman–Crippen LogP) is 2.54. The van der Waals surface area contributed by atoms with Crippen LogP contribution in [0.4, 0.5) is 0 Å². The zero-order chi connectivity index (χ0) is 11.9. The second kappa shape index (κ2) is 3.73. The molecule has 1 aromatic carbocycles. The first-order chi connectivity index (χ1) is 8.19. The van der Waals surface area contributed by atoms with E-state index in [9.17, 15) is 4.79 Å². The van der Waals surface area contributed by atoms with E-state index in [-0.39, 0.29) is 11.2 Å². The summed E-state index contributed by atoms with van der Waals surface area (Å²) in [4.78, 5) is 12.1. The van der Waals surface area contributed by atoms with Gasteiger partial charge in [-0.3, -0.25) is 4.79 Å². The second-order valence-corrected chi connectivity index (χ2v) is 5.32. The average molecular weight is 227 g/mol. The number of fused-ring (bicyclic) bond motifs is 1. The number of nitrogens with one attached hydrogen (secondary N) is 1. The van der Waals surface area contributed by atoms with Crippen molar-refractivity contribution in [1.82, 2.24) is 5.32 Å². The van der Waals surface area contributed by atoms with Gasteiger partial charge < -0.3 is 5.32 Å². The van der Waals surface area contributed by atoms with Gasteiger partial charge in [0.05, 0.1) is 0 Å². The van der Waals surface area contributed by atoms with Gasteiger partial charge in [-0.25, -0.2) is 0 Å². The van der Waals surface area contributed by atoms with Crippen LogP contribution in [-0.4, -0.2) is 12.3 Å². The number of allylic oxidation sites excluding steroid dienone is 1. The Labute approximate surface area is 102 Å². The van der Waals surface area contributed by atoms with Crippen molar-refractivity contribution in [1.29, 1.82) is 0 Å². The number of ketones is 1. The van der Waals surface area contributed by atoms with E-state index in [1.54, 1.807) is 0 Å². The highest BCUT2D eigenvalue weighted by Crippen LogP contribution is 2.46. The Kier molecular flexibility index (Phi) is 2.32. The fourth-order valence-corrected chi connectivity index (χ4v) is 2.30. The molecule has 1 aromatic rings. The van der Waals surface area contributed by atoms with Crippen LogP contribution >= 0.6 is 0 Å². The van der Waals surface area contributed by atoms with Gasteiger partial charge in [0.2, 0.25) is 0 Å². The zero-order valence-corrected chi connectivity index (χ0v) is 10.1. The van der Waals surface area contributed by atoms with Crippen molar-refractivity contribution in [3.63, 3.8) is 0 Å². The van der Waals surface area contributed by atoms with Crippen molar-refractivity contribution >= 4 is 11.5 Å². The third-order valence-corrected chi connectivity index (χ3v) is 3.89. The molecular weight excluding hydrogens is 210 g/mol. The summed E-state index contributed by atoms with van der Waals surface area (Å²) in [6.07, 6.45) is 4.93. The minimum Gasteiger partial charge on any atom is -0.384 e. The van der Waals surface area contributed by atoms with Crippen LogP contribution in [0.1, 0.15) is 30.9 Å². The Balaban J connectivity index is 1.95. The molecule has 3 rings (SSSR count). The summed E-state index contributed by atoms with van der Waals surface area (Å²) in [5.74, 6) is 0.275. The lowest BCUT2D eigenvalue weighted by atomic mass is 9.95. The Bertz CT molecular complexity index is 497. The summed E-state index contributed by atoms with van der Waals surface area (Å²) < 4.78 is 0. The van der Waals surface area contributed by atoms with Gasteiger partial charge >= 0.3 is 0 Å². The van der Waals surface area contributed by atoms with Crippen molar-refractivity contribution in [2.24, 2.45) is 5.41 Å². The van der Waals surface area contributed by atoms with Crippen LogP contribution < -0.4 is 5.32 Å². The lowest BCUT2D eigenvalue weighted by molar-refractivity contribution is -0.118. The maximum absolute atomic E-state index is 12.1. The van der Waals surface area contributed by atoms with Crippen LogP contribution in [0.25, 0.3) is 5.70 Å². The minimum absolute atomic E-state index is 0.0684. The monoisotopic (exact) mass is 227 g/mol. The van der Waals surface area contributed by atoms with Gasteiger partial charge in [0, 0.05) is 29.3 Å². The molecule has 0 radical (unpaired) electrons. The van der Waals surface area contributed by atoms with Gasteiger partial charge in [-0.15, -0.1) is 0 Å². The summed E-state index contributed by atoms with van der Waals surface area (Å²) >= 11 is 0. The molecule has 17 heavy (non-hydrogen) atoms. The summed E-state index contributed by atoms with van der Waals surface area (Å²) in [6, 6.07) is 8.33. The van der Waals surface area contributed by atoms with Crippen LogP contribution in [0, 0.1) is 5.41 Å². The van der Waals surface area contributed by atoms with E-state index < -0.39 is 0 Å². The van der Waals surface area contributed by atoms with Gasteiger partial charge in [-0.05, 0) is 24.8 Å². The topological polar surface area (TPSA) is 29.1 Å². The van der Waals surface area contributed by atoms with Crippen molar-refractivity contribution in [3.05, 3.63) is 41.5 Å². The molecule has 1 heterocycles. The smallest absolute Gasteiger partial charge is 0.163 e. The zero-order valence-electron chi connectivity index (χ0n) is 10.1. The summed E-state index contributed by atoms with van der Waals surface area (Å²) in [6.45, 7) is 2.98. The number of hydrogen-bond donors (Lipinski definition) is 1. The number of carbonyl (C=O) groups excluding carboxylic acids is 1. The van der Waals surface area contributed by atoms with Gasteiger partial charge in [0.25, 0.3) is 0 Å². The van der Waals surface area contributed by atoms with Crippen LogP contribution in [-0.2, 0) is 11.2 Å². The Morgan fingerprint density at radius 2 is 2.12 bits per heavy atom. The molecule has 0 spiro atoms. The standard InChI is InChI=1S/C15H17NO/c1-15(7-8-15)14(17)10-13-12-5-3-2-4-11(12)6-9-16-13/h2-5,10,16H,6-9H2,1H3/b13-10-. The average Bonchev–Trinajstić information content (AvgIpc) is 3.09. The highest BCUT2D eigenvalue weighted by Gasteiger charge is 2.43. The molecule has 0 amide bonds. The molecule has 2 heteroatoms. The SMILES string of the molecule is CC1(C(=O)/C=C2\NCCc3ccccc32)CC1. The molecule has 2 aliphatic rings. The molecule has 0 saturated heterocycles. The Morgan fingerprint density at radius 3 is 2.88 bits per heavy atom. The van der Waals surface area contributed by atoms with Crippen molar-refractivity contribution in [2.75, 3.05) is 6.54 Å². The van der Waals surface area contributed by atoms with Gasteiger partial charge in [0.15, 0.2) is 5.78 Å². The van der Waals surface area contributed by atoms with Crippen LogP contribution in [0.2, 0.25) is 0 Å². The van der Waals surface area contributed by atoms with Crippen LogP contribution in [0.15, 0.2) is 30.3 Å². The maximum Gasteiger partial charge on any atom is 0.163 e. The molecule has 0 atom stereocenters. The Morgan fingerprint density at radius 1 is 1.35 bits per heavy atom. The normalized spacial score (nSPS) is 22.8. The molecule has 1 N–H and O–H groups in total. The highest BCUT2D eigenvalue weighted by atomic mass is 16.1. The molecule has 88 valence electrons. The molecule has 1 fully saturated rings. The van der Waals surface area contributed by atoms with Crippen molar-refractivity contribution < 1.29 is 4.79 Å². The van der Waals surface area contributed by atoms with E-state index in [0.717, 1.165) is 31.5 Å². The third-order valence-electron chi connectivity index (χ3n) is 3.89. The van der Waals surface area contributed by atoms with E-state index in [4.69, 9.17) is 0 Å². The van der Waals surface area contributed by atoms with E-state index in [1.807, 2.05) is 12.1 Å². The summed E-state index contributed by atoms with van der Waals surface area (Å²) in [7, 11) is 0. The van der Waals surface area contributed by atoms with E-state index >= 15 is 0 Å². The number of benzene rings is 1. The number of carbonyl (C=O) groups is 1. The quantitative estimate of drug-likeness (QED) is 0.787. The molecule has 1 aliphatic carbocycles. The minimum atomic E-state index is -0.0684. The first-order valence-electron chi connectivity index (χ1n) is 6.27. The predicted molar refractivity (Wildman–Crippen MR) is 68.5 cm³/mol. The number of hydrogen-bond acceptors (Lipinski definition) is 2. The number of rotatable bonds is 2. The highest BCUT2D eigenvalue weighted by molar-refractivity contribution is 6.02. The molecule has 2 nitrogen and oxygen atoms in total. The molecule has 0 bridgehead atoms. The molecule has 0 aromatic heterocycles. The fourth-order valence-electron chi connectivity index (χ4n) is 2.30. The van der Waals surface area contributed by atoms with Crippen molar-refractivity contribution in [2.45, 2.75) is 26.2 Å². The largest absolute Gasteiger partial charge is 0.384 e. The lowest BCUT2D eigenvalue weighted by Gasteiger charge is -2.21. The van der Waals surface area contributed by atoms with E-state index in [2.05, 4.69) is 30.4 Å². The maximum atomic E-state index is 12.1. The summed E-state index contributed by atoms with van der Waals surface area (Å²) in [5.41, 5.74) is 3.47.